The van der Waals surface area contributed by atoms with E-state index >= 15 is 0 Å². The first-order chi connectivity index (χ1) is 10.6. The molecule has 0 bridgehead atoms. The third-order valence-corrected chi connectivity index (χ3v) is 4.29. The Morgan fingerprint density at radius 1 is 1.09 bits per heavy atom. The number of anilines is 1. The summed E-state index contributed by atoms with van der Waals surface area (Å²) in [5, 5.41) is 5.81. The number of rotatable bonds is 3. The predicted octanol–water partition coefficient (Wildman–Crippen LogP) is 2.17. The van der Waals surface area contributed by atoms with Crippen molar-refractivity contribution in [3.05, 3.63) is 30.1 Å². The first-order valence-electron chi connectivity index (χ1n) is 7.75. The molecule has 1 saturated carbocycles. The highest BCUT2D eigenvalue weighted by Gasteiger charge is 2.32. The van der Waals surface area contributed by atoms with Gasteiger partial charge in [0.25, 0.3) is 0 Å². The average molecular weight is 305 g/mol. The molecule has 1 heterocycles. The summed E-state index contributed by atoms with van der Waals surface area (Å²) in [7, 11) is 0. The van der Waals surface area contributed by atoms with Crippen LogP contribution in [-0.4, -0.2) is 30.6 Å². The van der Waals surface area contributed by atoms with Crippen LogP contribution in [0.2, 0.25) is 0 Å². The summed E-state index contributed by atoms with van der Waals surface area (Å²) < 4.78 is 12.9. The minimum absolute atomic E-state index is 0.0576. The van der Waals surface area contributed by atoms with Gasteiger partial charge in [0.15, 0.2) is 0 Å². The molecule has 1 aromatic carbocycles. The Hall–Kier alpha value is -2.11. The van der Waals surface area contributed by atoms with Crippen LogP contribution < -0.4 is 15.5 Å². The van der Waals surface area contributed by atoms with E-state index in [2.05, 4.69) is 10.6 Å². The average Bonchev–Trinajstić information content (AvgIpc) is 3.10. The molecule has 22 heavy (non-hydrogen) atoms. The summed E-state index contributed by atoms with van der Waals surface area (Å²) >= 11 is 0. The molecular weight excluding hydrogens is 285 g/mol. The first kappa shape index (κ1) is 14.8. The van der Waals surface area contributed by atoms with Crippen LogP contribution in [0, 0.1) is 5.82 Å². The maximum Gasteiger partial charge on any atom is 0.315 e. The zero-order valence-electron chi connectivity index (χ0n) is 12.3. The van der Waals surface area contributed by atoms with Gasteiger partial charge in [0.05, 0.1) is 6.04 Å². The molecule has 1 aromatic rings. The number of amides is 3. The number of carbonyl (C=O) groups excluding carboxylic acids is 2. The van der Waals surface area contributed by atoms with Crippen LogP contribution in [0.5, 0.6) is 0 Å². The lowest BCUT2D eigenvalue weighted by atomic mass is 10.2. The smallest absolute Gasteiger partial charge is 0.315 e. The fourth-order valence-electron chi connectivity index (χ4n) is 3.16. The van der Waals surface area contributed by atoms with Gasteiger partial charge in [0, 0.05) is 24.7 Å². The zero-order valence-corrected chi connectivity index (χ0v) is 12.3. The number of hydrogen-bond donors (Lipinski definition) is 2. The van der Waals surface area contributed by atoms with E-state index in [4.69, 9.17) is 0 Å². The van der Waals surface area contributed by atoms with Crippen molar-refractivity contribution in [2.24, 2.45) is 0 Å². The maximum atomic E-state index is 12.9. The van der Waals surface area contributed by atoms with Gasteiger partial charge >= 0.3 is 6.03 Å². The number of nitrogens with one attached hydrogen (secondary N) is 2. The number of carbonyl (C=O) groups is 2. The zero-order chi connectivity index (χ0) is 15.5. The predicted molar refractivity (Wildman–Crippen MR) is 81.1 cm³/mol. The molecule has 1 atom stereocenters. The molecule has 2 N–H and O–H groups in total. The number of urea groups is 1. The summed E-state index contributed by atoms with van der Waals surface area (Å²) in [4.78, 5) is 25.6. The molecule has 3 rings (SSSR count). The SMILES string of the molecule is O=C(NC1CCCC1)N[C@H]1CC(=O)N(c2ccc(F)cc2)C1. The van der Waals surface area contributed by atoms with Gasteiger partial charge < -0.3 is 15.5 Å². The Balaban J connectivity index is 1.55. The van der Waals surface area contributed by atoms with Crippen LogP contribution >= 0.6 is 0 Å². The van der Waals surface area contributed by atoms with Gasteiger partial charge in [-0.3, -0.25) is 4.79 Å². The minimum Gasteiger partial charge on any atom is -0.335 e. The quantitative estimate of drug-likeness (QED) is 0.899. The molecule has 0 spiro atoms. The summed E-state index contributed by atoms with van der Waals surface area (Å²) in [5.74, 6) is -0.390. The third-order valence-electron chi connectivity index (χ3n) is 4.29. The van der Waals surface area contributed by atoms with Crippen LogP contribution in [0.25, 0.3) is 0 Å². The summed E-state index contributed by atoms with van der Waals surface area (Å²) in [6, 6.07) is 5.66. The highest BCUT2D eigenvalue weighted by molar-refractivity contribution is 5.96. The fourth-order valence-corrected chi connectivity index (χ4v) is 3.16. The normalized spacial score (nSPS) is 22.1. The highest BCUT2D eigenvalue weighted by Crippen LogP contribution is 2.22. The van der Waals surface area contributed by atoms with Gasteiger partial charge in [0.2, 0.25) is 5.91 Å². The van der Waals surface area contributed by atoms with E-state index in [0.29, 0.717) is 12.2 Å². The van der Waals surface area contributed by atoms with Crippen molar-refractivity contribution in [2.45, 2.75) is 44.2 Å². The van der Waals surface area contributed by atoms with E-state index in [0.717, 1.165) is 25.7 Å². The second kappa shape index (κ2) is 6.34. The molecule has 0 unspecified atom stereocenters. The summed E-state index contributed by atoms with van der Waals surface area (Å²) in [5.41, 5.74) is 0.659. The number of benzene rings is 1. The number of halogens is 1. The Bertz CT molecular complexity index is 555. The van der Waals surface area contributed by atoms with Crippen LogP contribution in [0.15, 0.2) is 24.3 Å². The van der Waals surface area contributed by atoms with Gasteiger partial charge in [0.1, 0.15) is 5.82 Å². The standard InChI is InChI=1S/C16H20FN3O2/c17-11-5-7-14(8-6-11)20-10-13(9-15(20)21)19-16(22)18-12-3-1-2-4-12/h5-8,12-13H,1-4,9-10H2,(H2,18,19,22)/t13-/m0/s1. The molecule has 0 aromatic heterocycles. The van der Waals surface area contributed by atoms with Crippen LogP contribution in [-0.2, 0) is 4.79 Å². The molecule has 1 aliphatic carbocycles. The lowest BCUT2D eigenvalue weighted by Gasteiger charge is -2.18. The Labute approximate surface area is 128 Å². The van der Waals surface area contributed by atoms with E-state index in [1.807, 2.05) is 0 Å². The third kappa shape index (κ3) is 3.37. The van der Waals surface area contributed by atoms with Crippen molar-refractivity contribution in [1.82, 2.24) is 10.6 Å². The first-order valence-corrected chi connectivity index (χ1v) is 7.75. The minimum atomic E-state index is -0.332. The van der Waals surface area contributed by atoms with E-state index < -0.39 is 0 Å². The largest absolute Gasteiger partial charge is 0.335 e. The van der Waals surface area contributed by atoms with E-state index in [9.17, 15) is 14.0 Å². The van der Waals surface area contributed by atoms with Gasteiger partial charge in [-0.05, 0) is 37.1 Å². The summed E-state index contributed by atoms with van der Waals surface area (Å²) in [6.07, 6.45) is 4.64. The second-order valence-corrected chi connectivity index (χ2v) is 5.98. The van der Waals surface area contributed by atoms with E-state index in [1.165, 1.54) is 12.1 Å². The second-order valence-electron chi connectivity index (χ2n) is 5.98. The number of hydrogen-bond acceptors (Lipinski definition) is 2. The molecule has 1 saturated heterocycles. The van der Waals surface area contributed by atoms with Crippen molar-refractivity contribution in [2.75, 3.05) is 11.4 Å². The number of nitrogens with zero attached hydrogens (tertiary/aromatic N) is 1. The van der Waals surface area contributed by atoms with Crippen molar-refractivity contribution in [3.63, 3.8) is 0 Å². The van der Waals surface area contributed by atoms with E-state index in [1.54, 1.807) is 17.0 Å². The molecule has 118 valence electrons. The van der Waals surface area contributed by atoms with Crippen LogP contribution in [0.3, 0.4) is 0 Å². The molecule has 2 fully saturated rings. The Morgan fingerprint density at radius 2 is 1.73 bits per heavy atom. The molecule has 1 aliphatic heterocycles. The van der Waals surface area contributed by atoms with Crippen LogP contribution in [0.4, 0.5) is 14.9 Å². The molecule has 2 aliphatic rings. The van der Waals surface area contributed by atoms with Crippen molar-refractivity contribution < 1.29 is 14.0 Å². The summed E-state index contributed by atoms with van der Waals surface area (Å²) in [6.45, 7) is 0.419. The molecule has 6 heteroatoms. The molecule has 5 nitrogen and oxygen atoms in total. The lowest BCUT2D eigenvalue weighted by molar-refractivity contribution is -0.117. The van der Waals surface area contributed by atoms with Crippen molar-refractivity contribution in [3.8, 4) is 0 Å². The van der Waals surface area contributed by atoms with Gasteiger partial charge in [-0.2, -0.15) is 0 Å². The Kier molecular flexibility index (Phi) is 4.27. The monoisotopic (exact) mass is 305 g/mol. The highest BCUT2D eigenvalue weighted by atomic mass is 19.1. The maximum absolute atomic E-state index is 12.9. The molecular formula is C16H20FN3O2. The molecule has 3 amide bonds. The van der Waals surface area contributed by atoms with Gasteiger partial charge in [-0.1, -0.05) is 12.8 Å². The van der Waals surface area contributed by atoms with Crippen molar-refractivity contribution >= 4 is 17.6 Å². The van der Waals surface area contributed by atoms with Gasteiger partial charge in [-0.15, -0.1) is 0 Å². The fraction of sp³-hybridized carbons (Fsp3) is 0.500. The molecule has 0 radical (unpaired) electrons. The van der Waals surface area contributed by atoms with Crippen molar-refractivity contribution in [1.29, 1.82) is 0 Å². The van der Waals surface area contributed by atoms with Crippen LogP contribution in [0.1, 0.15) is 32.1 Å². The Morgan fingerprint density at radius 3 is 2.41 bits per heavy atom. The van der Waals surface area contributed by atoms with E-state index in [-0.39, 0.29) is 36.3 Å². The lowest BCUT2D eigenvalue weighted by Crippen LogP contribution is -2.46. The van der Waals surface area contributed by atoms with Gasteiger partial charge in [-0.25, -0.2) is 9.18 Å². The topological polar surface area (TPSA) is 61.4 Å².